The number of nitrogens with one attached hydrogen (secondary N) is 2. The van der Waals surface area contributed by atoms with Crippen molar-refractivity contribution in [2.75, 3.05) is 13.2 Å². The Bertz CT molecular complexity index is 1230. The summed E-state index contributed by atoms with van der Waals surface area (Å²) in [7, 11) is 0. The molecule has 5 heteroatoms. The average molecular weight is 395 g/mol. The molecule has 4 aromatic rings. The van der Waals surface area contributed by atoms with Crippen LogP contribution in [-0.2, 0) is 6.54 Å². The van der Waals surface area contributed by atoms with E-state index in [1.807, 2.05) is 54.6 Å². The molecule has 4 rings (SSSR count). The lowest BCUT2D eigenvalue weighted by Crippen LogP contribution is -2.35. The van der Waals surface area contributed by atoms with Gasteiger partial charge in [-0.1, -0.05) is 72.5 Å². The third kappa shape index (κ3) is 4.68. The van der Waals surface area contributed by atoms with Gasteiger partial charge in [0.2, 0.25) is 0 Å². The Morgan fingerprint density at radius 3 is 2.63 bits per heavy atom. The zero-order valence-electron chi connectivity index (χ0n) is 16.4. The van der Waals surface area contributed by atoms with Crippen molar-refractivity contribution >= 4 is 27.7 Å². The summed E-state index contributed by atoms with van der Waals surface area (Å²) in [4.78, 5) is 16.4. The zero-order valence-corrected chi connectivity index (χ0v) is 16.4. The second-order valence-electron chi connectivity index (χ2n) is 6.65. The minimum absolute atomic E-state index is 0.231. The molecule has 0 saturated carbocycles. The van der Waals surface area contributed by atoms with Crippen LogP contribution in [0, 0.1) is 11.8 Å². The van der Waals surface area contributed by atoms with Crippen molar-refractivity contribution in [1.29, 1.82) is 0 Å². The van der Waals surface area contributed by atoms with Gasteiger partial charge >= 0.3 is 6.03 Å². The number of rotatable bonds is 5. The number of hydrogen-bond acceptors (Lipinski definition) is 3. The highest BCUT2D eigenvalue weighted by Crippen LogP contribution is 2.22. The molecule has 0 unspecified atom stereocenters. The van der Waals surface area contributed by atoms with Gasteiger partial charge in [-0.05, 0) is 28.5 Å². The molecule has 2 N–H and O–H groups in total. The molecular weight excluding hydrogens is 374 g/mol. The number of para-hydroxylation sites is 1. The molecule has 0 atom stereocenters. The monoisotopic (exact) mass is 395 g/mol. The molecule has 5 nitrogen and oxygen atoms in total. The van der Waals surface area contributed by atoms with Gasteiger partial charge in [-0.15, -0.1) is 0 Å². The molecule has 0 aliphatic heterocycles. The molecule has 0 fully saturated rings. The van der Waals surface area contributed by atoms with Gasteiger partial charge in [0.1, 0.15) is 17.9 Å². The molecule has 0 radical (unpaired) electrons. The summed E-state index contributed by atoms with van der Waals surface area (Å²) < 4.78 is 5.71. The molecular formula is C25H21N3O2. The van der Waals surface area contributed by atoms with Crippen LogP contribution in [0.15, 0.2) is 79.0 Å². The van der Waals surface area contributed by atoms with Crippen LogP contribution < -0.4 is 15.4 Å². The fraction of sp³-hybridized carbons (Fsp3) is 0.120. The Morgan fingerprint density at radius 2 is 1.67 bits per heavy atom. The number of nitrogens with zero attached hydrogens (tertiary/aromatic N) is 1. The minimum atomic E-state index is -0.253. The molecule has 0 aliphatic rings. The predicted octanol–water partition coefficient (Wildman–Crippen LogP) is 4.27. The van der Waals surface area contributed by atoms with Gasteiger partial charge < -0.3 is 15.4 Å². The van der Waals surface area contributed by atoms with Crippen molar-refractivity contribution in [1.82, 2.24) is 15.6 Å². The average Bonchev–Trinajstić information content (AvgIpc) is 2.80. The maximum atomic E-state index is 12.0. The fourth-order valence-corrected chi connectivity index (χ4v) is 3.23. The van der Waals surface area contributed by atoms with Gasteiger partial charge in [0.15, 0.2) is 0 Å². The van der Waals surface area contributed by atoms with Crippen molar-refractivity contribution in [2.24, 2.45) is 0 Å². The number of urea groups is 1. The lowest BCUT2D eigenvalue weighted by Gasteiger charge is -2.08. The van der Waals surface area contributed by atoms with Crippen LogP contribution >= 0.6 is 0 Å². The van der Waals surface area contributed by atoms with Crippen LogP contribution in [0.3, 0.4) is 0 Å². The molecule has 0 bridgehead atoms. The Kier molecular flexibility index (Phi) is 6.07. The number of amides is 2. The van der Waals surface area contributed by atoms with Gasteiger partial charge in [-0.3, -0.25) is 4.98 Å². The summed E-state index contributed by atoms with van der Waals surface area (Å²) in [5.41, 5.74) is 1.89. The molecule has 1 aromatic heterocycles. The number of aromatic nitrogens is 1. The smallest absolute Gasteiger partial charge is 0.315 e. The van der Waals surface area contributed by atoms with Crippen LogP contribution in [0.5, 0.6) is 5.75 Å². The summed E-state index contributed by atoms with van der Waals surface area (Å²) in [6.45, 7) is 0.936. The van der Waals surface area contributed by atoms with Gasteiger partial charge in [0.05, 0.1) is 6.54 Å². The summed E-state index contributed by atoms with van der Waals surface area (Å²) in [5, 5.41) is 8.93. The highest BCUT2D eigenvalue weighted by Gasteiger charge is 2.03. The summed E-state index contributed by atoms with van der Waals surface area (Å²) in [6, 6.07) is 23.6. The Labute approximate surface area is 175 Å². The number of benzene rings is 3. The quantitative estimate of drug-likeness (QED) is 0.496. The number of carbonyl (C=O) groups excluding carboxylic acids is 1. The van der Waals surface area contributed by atoms with E-state index in [0.717, 1.165) is 27.2 Å². The van der Waals surface area contributed by atoms with Crippen molar-refractivity contribution in [3.8, 4) is 17.6 Å². The van der Waals surface area contributed by atoms with Crippen molar-refractivity contribution in [2.45, 2.75) is 6.54 Å². The van der Waals surface area contributed by atoms with Crippen molar-refractivity contribution in [3.05, 3.63) is 84.6 Å². The zero-order chi connectivity index (χ0) is 20.6. The number of ether oxygens (including phenoxy) is 1. The SMILES string of the molecule is O=C(NCC#CCOc1cccc2cccnc12)NCc1cccc2ccccc12. The summed E-state index contributed by atoms with van der Waals surface area (Å²) in [5.74, 6) is 6.50. The van der Waals surface area contributed by atoms with Gasteiger partial charge in [-0.2, -0.15) is 0 Å². The van der Waals surface area contributed by atoms with Crippen LogP contribution in [0.25, 0.3) is 21.7 Å². The highest BCUT2D eigenvalue weighted by atomic mass is 16.5. The predicted molar refractivity (Wildman–Crippen MR) is 119 cm³/mol. The summed E-state index contributed by atoms with van der Waals surface area (Å²) >= 11 is 0. The number of fused-ring (bicyclic) bond motifs is 2. The topological polar surface area (TPSA) is 63.2 Å². The van der Waals surface area contributed by atoms with Gasteiger partial charge in [-0.25, -0.2) is 4.79 Å². The third-order valence-electron chi connectivity index (χ3n) is 4.68. The first kappa shape index (κ1) is 19.3. The second-order valence-corrected chi connectivity index (χ2v) is 6.65. The molecule has 1 heterocycles. The van der Waals surface area contributed by atoms with Crippen LogP contribution in [0.2, 0.25) is 0 Å². The molecule has 0 saturated heterocycles. The Hall–Kier alpha value is -4.04. The van der Waals surface area contributed by atoms with Crippen LogP contribution in [-0.4, -0.2) is 24.2 Å². The third-order valence-corrected chi connectivity index (χ3v) is 4.68. The van der Waals surface area contributed by atoms with Gasteiger partial charge in [0.25, 0.3) is 0 Å². The maximum Gasteiger partial charge on any atom is 0.315 e. The Balaban J connectivity index is 1.23. The summed E-state index contributed by atoms with van der Waals surface area (Å²) in [6.07, 6.45) is 1.74. The molecule has 0 aliphatic carbocycles. The highest BCUT2D eigenvalue weighted by molar-refractivity contribution is 5.86. The number of carbonyl (C=O) groups is 1. The number of hydrogen-bond donors (Lipinski definition) is 2. The van der Waals surface area contributed by atoms with Crippen LogP contribution in [0.1, 0.15) is 5.56 Å². The van der Waals surface area contributed by atoms with E-state index in [4.69, 9.17) is 4.74 Å². The van der Waals surface area contributed by atoms with E-state index >= 15 is 0 Å². The van der Waals surface area contributed by atoms with E-state index < -0.39 is 0 Å². The lowest BCUT2D eigenvalue weighted by molar-refractivity contribution is 0.241. The van der Waals surface area contributed by atoms with E-state index in [0.29, 0.717) is 12.3 Å². The largest absolute Gasteiger partial charge is 0.479 e. The molecule has 2 amide bonds. The first-order valence-electron chi connectivity index (χ1n) is 9.72. The Morgan fingerprint density at radius 1 is 0.867 bits per heavy atom. The van der Waals surface area contributed by atoms with E-state index in [2.05, 4.69) is 45.7 Å². The maximum absolute atomic E-state index is 12.0. The molecule has 0 spiro atoms. The lowest BCUT2D eigenvalue weighted by atomic mass is 10.0. The van der Waals surface area contributed by atoms with E-state index in [9.17, 15) is 4.79 Å². The second kappa shape index (κ2) is 9.44. The minimum Gasteiger partial charge on any atom is -0.479 e. The number of pyridine rings is 1. The normalized spacial score (nSPS) is 10.3. The molecule has 148 valence electrons. The van der Waals surface area contributed by atoms with E-state index in [-0.39, 0.29) is 19.2 Å². The first-order valence-corrected chi connectivity index (χ1v) is 9.72. The van der Waals surface area contributed by atoms with Crippen LogP contribution in [0.4, 0.5) is 4.79 Å². The first-order chi connectivity index (χ1) is 14.8. The van der Waals surface area contributed by atoms with E-state index in [1.165, 1.54) is 0 Å². The van der Waals surface area contributed by atoms with E-state index in [1.54, 1.807) is 6.20 Å². The molecule has 30 heavy (non-hydrogen) atoms. The fourth-order valence-electron chi connectivity index (χ4n) is 3.23. The standard InChI is InChI=1S/C25H21N3O2/c29-25(28-18-21-11-5-9-19-8-1-2-13-22(19)21)27-15-3-4-17-30-23-14-6-10-20-12-7-16-26-24(20)23/h1-2,5-14,16H,15,17-18H2,(H2,27,28,29). The van der Waals surface area contributed by atoms with Crippen molar-refractivity contribution < 1.29 is 9.53 Å². The van der Waals surface area contributed by atoms with Gasteiger partial charge in [0, 0.05) is 18.1 Å². The van der Waals surface area contributed by atoms with Crippen molar-refractivity contribution in [3.63, 3.8) is 0 Å². The molecule has 3 aromatic carbocycles.